The molecule has 0 bridgehead atoms. The summed E-state index contributed by atoms with van der Waals surface area (Å²) in [4.78, 5) is 28.0. The first kappa shape index (κ1) is 26.7. The van der Waals surface area contributed by atoms with Crippen LogP contribution < -0.4 is 20.1 Å². The van der Waals surface area contributed by atoms with Gasteiger partial charge in [0, 0.05) is 0 Å². The van der Waals surface area contributed by atoms with Crippen molar-refractivity contribution in [3.8, 4) is 22.6 Å². The molecule has 2 amide bonds. The summed E-state index contributed by atoms with van der Waals surface area (Å²) in [6.07, 6.45) is 1.93. The van der Waals surface area contributed by atoms with E-state index in [1.54, 1.807) is 14.2 Å². The number of nitrogens with zero attached hydrogens (tertiary/aromatic N) is 1. The molecule has 194 valence electrons. The van der Waals surface area contributed by atoms with Crippen molar-refractivity contribution in [2.24, 2.45) is 0 Å². The standard InChI is InChI=1S/C29H33N3O4Se/c1-6-32(7-2)13-12-30-28(33)24-16-21(37-18(24)3)17-25-23-10-8-19(14-26(23)31-29(25)34)22-11-9-20(35-4)15-27(22)36-5/h8-11,14-17H,6-7,12-13H2,1-5H3,(H,30,33)(H,31,34)/b25-17-. The third-order valence-electron chi connectivity index (χ3n) is 6.60. The minimum absolute atomic E-state index is 0.00200. The molecule has 0 radical (unpaired) electrons. The number of nitrogens with one attached hydrogen (secondary N) is 2. The predicted molar refractivity (Wildman–Crippen MR) is 150 cm³/mol. The summed E-state index contributed by atoms with van der Waals surface area (Å²) in [5, 5.41) is 6.04. The van der Waals surface area contributed by atoms with Gasteiger partial charge in [-0.25, -0.2) is 0 Å². The molecule has 7 nitrogen and oxygen atoms in total. The van der Waals surface area contributed by atoms with Gasteiger partial charge in [0.05, 0.1) is 7.11 Å². The van der Waals surface area contributed by atoms with Crippen molar-refractivity contribution >= 4 is 43.7 Å². The van der Waals surface area contributed by atoms with Crippen LogP contribution in [0.2, 0.25) is 0 Å². The Labute approximate surface area is 224 Å². The Balaban J connectivity index is 1.55. The molecular formula is C29H33N3O4Se. The molecule has 0 saturated carbocycles. The Hall–Kier alpha value is -3.32. The molecule has 8 heteroatoms. The molecule has 2 N–H and O–H groups in total. The second-order valence-electron chi connectivity index (χ2n) is 8.74. The molecule has 1 aliphatic heterocycles. The number of hydrogen-bond acceptors (Lipinski definition) is 5. The molecule has 0 saturated heterocycles. The molecule has 0 aliphatic carbocycles. The summed E-state index contributed by atoms with van der Waals surface area (Å²) in [6, 6.07) is 13.5. The van der Waals surface area contributed by atoms with Crippen LogP contribution in [0.4, 0.5) is 5.69 Å². The molecule has 0 unspecified atom stereocenters. The average molecular weight is 567 g/mol. The van der Waals surface area contributed by atoms with E-state index >= 15 is 0 Å². The fraction of sp³-hybridized carbons (Fsp3) is 0.310. The maximum atomic E-state index is 12.9. The fourth-order valence-electron chi connectivity index (χ4n) is 4.45. The van der Waals surface area contributed by atoms with Gasteiger partial charge in [-0.05, 0) is 0 Å². The summed E-state index contributed by atoms with van der Waals surface area (Å²) in [7, 11) is 3.25. The number of benzene rings is 2. The van der Waals surface area contributed by atoms with Gasteiger partial charge in [0.1, 0.15) is 0 Å². The number of ether oxygens (including phenoxy) is 2. The van der Waals surface area contributed by atoms with Gasteiger partial charge in [-0.2, -0.15) is 0 Å². The van der Waals surface area contributed by atoms with Crippen LogP contribution in [-0.4, -0.2) is 71.6 Å². The van der Waals surface area contributed by atoms with E-state index in [0.717, 1.165) is 50.9 Å². The van der Waals surface area contributed by atoms with E-state index in [1.807, 2.05) is 55.5 Å². The first-order valence-electron chi connectivity index (χ1n) is 12.4. The molecule has 0 fully saturated rings. The van der Waals surface area contributed by atoms with Crippen LogP contribution in [0, 0.1) is 6.92 Å². The topological polar surface area (TPSA) is 79.9 Å². The van der Waals surface area contributed by atoms with Crippen LogP contribution in [0.1, 0.15) is 38.6 Å². The van der Waals surface area contributed by atoms with Crippen molar-refractivity contribution in [2.75, 3.05) is 45.7 Å². The van der Waals surface area contributed by atoms with Crippen LogP contribution in [0.5, 0.6) is 11.5 Å². The Morgan fingerprint density at radius 2 is 1.81 bits per heavy atom. The zero-order chi connectivity index (χ0) is 26.5. The molecule has 0 atom stereocenters. The first-order chi connectivity index (χ1) is 17.9. The normalized spacial score (nSPS) is 13.6. The van der Waals surface area contributed by atoms with Crippen LogP contribution in [0.15, 0.2) is 42.5 Å². The Kier molecular flexibility index (Phi) is 8.54. The zero-order valence-corrected chi connectivity index (χ0v) is 23.6. The van der Waals surface area contributed by atoms with E-state index in [1.165, 1.54) is 0 Å². The van der Waals surface area contributed by atoms with Crippen molar-refractivity contribution in [2.45, 2.75) is 20.8 Å². The van der Waals surface area contributed by atoms with Crippen molar-refractivity contribution in [1.29, 1.82) is 0 Å². The van der Waals surface area contributed by atoms with Crippen molar-refractivity contribution in [1.82, 2.24) is 10.2 Å². The summed E-state index contributed by atoms with van der Waals surface area (Å²) in [6.45, 7) is 9.62. The molecule has 1 aromatic heterocycles. The third kappa shape index (κ3) is 5.82. The van der Waals surface area contributed by atoms with Gasteiger partial charge in [-0.1, -0.05) is 0 Å². The number of hydrogen-bond donors (Lipinski definition) is 2. The monoisotopic (exact) mass is 567 g/mol. The van der Waals surface area contributed by atoms with Crippen LogP contribution in [-0.2, 0) is 4.79 Å². The number of rotatable bonds is 10. The Morgan fingerprint density at radius 3 is 2.51 bits per heavy atom. The molecule has 0 spiro atoms. The van der Waals surface area contributed by atoms with Crippen molar-refractivity contribution < 1.29 is 19.1 Å². The van der Waals surface area contributed by atoms with Gasteiger partial charge in [0.25, 0.3) is 0 Å². The van der Waals surface area contributed by atoms with E-state index in [9.17, 15) is 9.59 Å². The van der Waals surface area contributed by atoms with Gasteiger partial charge in [-0.15, -0.1) is 0 Å². The van der Waals surface area contributed by atoms with Crippen molar-refractivity contribution in [3.63, 3.8) is 0 Å². The van der Waals surface area contributed by atoms with Gasteiger partial charge in [-0.3, -0.25) is 0 Å². The van der Waals surface area contributed by atoms with E-state index in [2.05, 4.69) is 29.4 Å². The zero-order valence-electron chi connectivity index (χ0n) is 21.9. The third-order valence-corrected chi connectivity index (χ3v) is 8.69. The first-order valence-corrected chi connectivity index (χ1v) is 14.1. The molecule has 2 aromatic carbocycles. The predicted octanol–water partition coefficient (Wildman–Crippen LogP) is 4.30. The van der Waals surface area contributed by atoms with Crippen LogP contribution in [0.25, 0.3) is 22.8 Å². The number of anilines is 1. The van der Waals surface area contributed by atoms with Gasteiger partial charge < -0.3 is 0 Å². The molecule has 4 rings (SSSR count). The van der Waals surface area contributed by atoms with Crippen molar-refractivity contribution in [3.05, 3.63) is 62.5 Å². The van der Waals surface area contributed by atoms with Gasteiger partial charge in [0.15, 0.2) is 0 Å². The number of likely N-dealkylation sites (N-methyl/N-ethyl adjacent to an activating group) is 1. The summed E-state index contributed by atoms with van der Waals surface area (Å²) in [5.74, 6) is 1.23. The molecule has 1 aliphatic rings. The average Bonchev–Trinajstić information content (AvgIpc) is 3.44. The SMILES string of the molecule is CCN(CC)CCNC(=O)c1cc(/C=C2\C(=O)Nc3cc(-c4ccc(OC)cc4OC)ccc32)[se]c1C. The van der Waals surface area contributed by atoms with Gasteiger partial charge >= 0.3 is 217 Å². The maximum absolute atomic E-state index is 12.9. The molecule has 3 aromatic rings. The van der Waals surface area contributed by atoms with E-state index in [0.29, 0.717) is 29.2 Å². The number of carbonyl (C=O) groups is 2. The van der Waals surface area contributed by atoms with Crippen LogP contribution in [0.3, 0.4) is 0 Å². The number of amides is 2. The Morgan fingerprint density at radius 1 is 1.05 bits per heavy atom. The van der Waals surface area contributed by atoms with E-state index in [4.69, 9.17) is 9.47 Å². The number of aryl methyl sites for hydroxylation is 1. The fourth-order valence-corrected chi connectivity index (χ4v) is 6.48. The van der Waals surface area contributed by atoms with E-state index in [-0.39, 0.29) is 26.3 Å². The number of carbonyl (C=O) groups excluding carboxylic acids is 2. The second kappa shape index (κ2) is 11.8. The minimum atomic E-state index is -0.139. The quantitative estimate of drug-likeness (QED) is 0.283. The molecule has 37 heavy (non-hydrogen) atoms. The van der Waals surface area contributed by atoms with Crippen LogP contribution >= 0.6 is 0 Å². The molecular weight excluding hydrogens is 533 g/mol. The number of fused-ring (bicyclic) bond motifs is 1. The van der Waals surface area contributed by atoms with Gasteiger partial charge in [0.2, 0.25) is 0 Å². The number of methoxy groups -OCH3 is 2. The molecule has 2 heterocycles. The second-order valence-corrected chi connectivity index (χ2v) is 11.4. The van der Waals surface area contributed by atoms with E-state index < -0.39 is 0 Å². The summed E-state index contributed by atoms with van der Waals surface area (Å²) >= 11 is -0.00200. The Bertz CT molecular complexity index is 1340. The summed E-state index contributed by atoms with van der Waals surface area (Å²) in [5.41, 5.74) is 4.80. The summed E-state index contributed by atoms with van der Waals surface area (Å²) < 4.78 is 12.9.